The molecule has 0 atom stereocenters. The number of rotatable bonds is 6. The predicted octanol–water partition coefficient (Wildman–Crippen LogP) is 6.03. The lowest BCUT2D eigenvalue weighted by Gasteiger charge is -2.19. The van der Waals surface area contributed by atoms with Crippen LogP contribution in [-0.2, 0) is 0 Å². The number of fused-ring (bicyclic) bond motifs is 2. The van der Waals surface area contributed by atoms with Crippen molar-refractivity contribution in [3.8, 4) is 17.3 Å². The lowest BCUT2D eigenvalue weighted by atomic mass is 9.98. The zero-order valence-corrected chi connectivity index (χ0v) is 20.5. The van der Waals surface area contributed by atoms with E-state index in [2.05, 4.69) is 10.1 Å². The van der Waals surface area contributed by atoms with Crippen LogP contribution in [0.1, 0.15) is 26.3 Å². The van der Waals surface area contributed by atoms with Crippen molar-refractivity contribution in [2.45, 2.75) is 20.8 Å². The third-order valence-electron chi connectivity index (χ3n) is 5.58. The molecule has 0 bridgehead atoms. The zero-order valence-electron chi connectivity index (χ0n) is 20.5. The number of benzene rings is 3. The SMILES string of the molecule is CC(C)(C)COc1c(C=Nn2c(-c3cc4ccccc4o3)nc3ccccc3c2=O)cccc1[N+](=O)[O-]. The molecule has 5 rings (SSSR count). The Kier molecular flexibility index (Phi) is 6.04. The molecule has 0 saturated heterocycles. The molecule has 0 radical (unpaired) electrons. The first kappa shape index (κ1) is 23.9. The summed E-state index contributed by atoms with van der Waals surface area (Å²) in [6.07, 6.45) is 1.37. The predicted molar refractivity (Wildman–Crippen MR) is 142 cm³/mol. The topological polar surface area (TPSA) is 113 Å². The van der Waals surface area contributed by atoms with Gasteiger partial charge in [0.25, 0.3) is 5.56 Å². The fraction of sp³-hybridized carbons (Fsp3) is 0.179. The van der Waals surface area contributed by atoms with E-state index in [-0.39, 0.29) is 29.3 Å². The van der Waals surface area contributed by atoms with Gasteiger partial charge >= 0.3 is 5.69 Å². The van der Waals surface area contributed by atoms with E-state index in [1.807, 2.05) is 45.0 Å². The van der Waals surface area contributed by atoms with Gasteiger partial charge in [-0.05, 0) is 35.7 Å². The first-order chi connectivity index (χ1) is 17.7. The molecule has 0 saturated carbocycles. The normalized spacial score (nSPS) is 12.0. The molecule has 37 heavy (non-hydrogen) atoms. The minimum absolute atomic E-state index is 0.0817. The Balaban J connectivity index is 1.68. The van der Waals surface area contributed by atoms with Gasteiger partial charge in [0.15, 0.2) is 5.76 Å². The fourth-order valence-electron chi connectivity index (χ4n) is 3.84. The molecule has 0 aliphatic rings. The molecule has 0 fully saturated rings. The minimum Gasteiger partial charge on any atom is -0.486 e. The molecule has 0 unspecified atom stereocenters. The Bertz CT molecular complexity index is 1690. The minimum atomic E-state index is -0.501. The third kappa shape index (κ3) is 4.84. The molecular formula is C28H24N4O5. The molecule has 5 aromatic rings. The third-order valence-corrected chi connectivity index (χ3v) is 5.58. The molecule has 0 N–H and O–H groups in total. The number of nitro benzene ring substituents is 1. The Morgan fingerprint density at radius 3 is 2.59 bits per heavy atom. The highest BCUT2D eigenvalue weighted by Crippen LogP contribution is 2.32. The molecule has 2 aromatic heterocycles. The van der Waals surface area contributed by atoms with Crippen molar-refractivity contribution >= 4 is 33.8 Å². The summed E-state index contributed by atoms with van der Waals surface area (Å²) in [4.78, 5) is 29.4. The van der Waals surface area contributed by atoms with Gasteiger partial charge in [0.1, 0.15) is 5.58 Å². The summed E-state index contributed by atoms with van der Waals surface area (Å²) in [5, 5.41) is 17.4. The van der Waals surface area contributed by atoms with E-state index in [9.17, 15) is 14.9 Å². The number of hydrogen-bond donors (Lipinski definition) is 0. The van der Waals surface area contributed by atoms with Crippen LogP contribution in [0.25, 0.3) is 33.5 Å². The Labute approximate surface area is 211 Å². The second-order valence-corrected chi connectivity index (χ2v) is 9.76. The second-order valence-electron chi connectivity index (χ2n) is 9.76. The highest BCUT2D eigenvalue weighted by atomic mass is 16.6. The van der Waals surface area contributed by atoms with Crippen LogP contribution in [0, 0.1) is 15.5 Å². The van der Waals surface area contributed by atoms with Gasteiger partial charge in [-0.1, -0.05) is 57.2 Å². The number of nitrogens with zero attached hydrogens (tertiary/aromatic N) is 4. The first-order valence-electron chi connectivity index (χ1n) is 11.7. The monoisotopic (exact) mass is 496 g/mol. The van der Waals surface area contributed by atoms with Gasteiger partial charge in [0.2, 0.25) is 11.6 Å². The van der Waals surface area contributed by atoms with E-state index in [1.165, 1.54) is 12.3 Å². The van der Waals surface area contributed by atoms with Crippen molar-refractivity contribution < 1.29 is 14.1 Å². The largest absolute Gasteiger partial charge is 0.486 e. The Morgan fingerprint density at radius 1 is 1.08 bits per heavy atom. The molecule has 0 aliphatic carbocycles. The van der Waals surface area contributed by atoms with Gasteiger partial charge in [-0.3, -0.25) is 14.9 Å². The summed E-state index contributed by atoms with van der Waals surface area (Å²) in [6.45, 7) is 6.15. The lowest BCUT2D eigenvalue weighted by Crippen LogP contribution is -2.20. The average molecular weight is 497 g/mol. The lowest BCUT2D eigenvalue weighted by molar-refractivity contribution is -0.386. The molecule has 186 valence electrons. The number of ether oxygens (including phenoxy) is 1. The smallest absolute Gasteiger partial charge is 0.311 e. The van der Waals surface area contributed by atoms with E-state index in [0.717, 1.165) is 10.1 Å². The fourth-order valence-corrected chi connectivity index (χ4v) is 3.84. The summed E-state index contributed by atoms with van der Waals surface area (Å²) in [6, 6.07) is 20.8. The summed E-state index contributed by atoms with van der Waals surface area (Å²) in [5.74, 6) is 0.654. The molecule has 0 amide bonds. The molecule has 9 heteroatoms. The van der Waals surface area contributed by atoms with Crippen LogP contribution in [0.4, 0.5) is 5.69 Å². The summed E-state index contributed by atoms with van der Waals surface area (Å²) in [5.41, 5.74) is 0.681. The highest BCUT2D eigenvalue weighted by molar-refractivity contribution is 5.87. The second kappa shape index (κ2) is 9.34. The maximum atomic E-state index is 13.5. The van der Waals surface area contributed by atoms with E-state index >= 15 is 0 Å². The van der Waals surface area contributed by atoms with Crippen molar-refractivity contribution in [2.24, 2.45) is 10.5 Å². The number of para-hydroxylation sites is 3. The van der Waals surface area contributed by atoms with Crippen molar-refractivity contribution in [3.63, 3.8) is 0 Å². The van der Waals surface area contributed by atoms with Crippen molar-refractivity contribution in [3.05, 3.63) is 98.8 Å². The van der Waals surface area contributed by atoms with E-state index in [0.29, 0.717) is 27.8 Å². The summed E-state index contributed by atoms with van der Waals surface area (Å²) >= 11 is 0. The summed E-state index contributed by atoms with van der Waals surface area (Å²) < 4.78 is 13.0. The zero-order chi connectivity index (χ0) is 26.2. The molecule has 2 heterocycles. The van der Waals surface area contributed by atoms with Crippen molar-refractivity contribution in [1.29, 1.82) is 0 Å². The molecule has 0 aliphatic heterocycles. The number of aromatic nitrogens is 2. The van der Waals surface area contributed by atoms with Crippen LogP contribution in [0.5, 0.6) is 5.75 Å². The Hall–Kier alpha value is -4.79. The van der Waals surface area contributed by atoms with Crippen LogP contribution < -0.4 is 10.3 Å². The van der Waals surface area contributed by atoms with Gasteiger partial charge in [0.05, 0.1) is 28.6 Å². The summed E-state index contributed by atoms with van der Waals surface area (Å²) in [7, 11) is 0. The van der Waals surface area contributed by atoms with Crippen molar-refractivity contribution in [1.82, 2.24) is 9.66 Å². The maximum Gasteiger partial charge on any atom is 0.311 e. The maximum absolute atomic E-state index is 13.5. The molecule has 3 aromatic carbocycles. The quantitative estimate of drug-likeness (QED) is 0.161. The standard InChI is InChI=1S/C28H24N4O5/c1-28(2,3)17-36-25-19(10-8-13-22(25)32(34)35)16-29-31-26(24-15-18-9-4-7-14-23(18)37-24)30-21-12-6-5-11-20(21)27(31)33/h4-16H,17H2,1-3H3. The molecule has 9 nitrogen and oxygen atoms in total. The van der Waals surface area contributed by atoms with Gasteiger partial charge in [-0.15, -0.1) is 0 Å². The number of furan rings is 1. The van der Waals surface area contributed by atoms with Gasteiger partial charge in [-0.25, -0.2) is 4.98 Å². The average Bonchev–Trinajstić information content (AvgIpc) is 3.30. The van der Waals surface area contributed by atoms with Gasteiger partial charge in [-0.2, -0.15) is 9.78 Å². The Morgan fingerprint density at radius 2 is 1.84 bits per heavy atom. The van der Waals surface area contributed by atoms with E-state index < -0.39 is 10.5 Å². The van der Waals surface area contributed by atoms with Crippen LogP contribution >= 0.6 is 0 Å². The molecular weight excluding hydrogens is 472 g/mol. The van der Waals surface area contributed by atoms with Gasteiger partial charge < -0.3 is 9.15 Å². The van der Waals surface area contributed by atoms with Crippen molar-refractivity contribution in [2.75, 3.05) is 6.61 Å². The van der Waals surface area contributed by atoms with Crippen LogP contribution in [-0.4, -0.2) is 27.4 Å². The van der Waals surface area contributed by atoms with Gasteiger partial charge in [0, 0.05) is 17.0 Å². The van der Waals surface area contributed by atoms with E-state index in [1.54, 1.807) is 42.5 Å². The number of hydrogen-bond acceptors (Lipinski definition) is 7. The van der Waals surface area contributed by atoms with Crippen LogP contribution in [0.2, 0.25) is 0 Å². The highest BCUT2D eigenvalue weighted by Gasteiger charge is 2.22. The van der Waals surface area contributed by atoms with Crippen LogP contribution in [0.3, 0.4) is 0 Å². The first-order valence-corrected chi connectivity index (χ1v) is 11.7. The van der Waals surface area contributed by atoms with Crippen LogP contribution in [0.15, 0.2) is 87.1 Å². The van der Waals surface area contributed by atoms with E-state index in [4.69, 9.17) is 9.15 Å². The number of nitro groups is 1. The molecule has 0 spiro atoms.